The lowest BCUT2D eigenvalue weighted by molar-refractivity contribution is -0.119. The van der Waals surface area contributed by atoms with Gasteiger partial charge in [0.25, 0.3) is 5.91 Å². The van der Waals surface area contributed by atoms with Crippen molar-refractivity contribution in [2.75, 3.05) is 29.9 Å². The second-order valence-electron chi connectivity index (χ2n) is 7.29. The molecular formula is C25H30N4O. The summed E-state index contributed by atoms with van der Waals surface area (Å²) in [6.07, 6.45) is 3.92. The minimum atomic E-state index is -0.187. The van der Waals surface area contributed by atoms with Gasteiger partial charge in [-0.2, -0.15) is 5.10 Å². The molecule has 0 fully saturated rings. The van der Waals surface area contributed by atoms with Gasteiger partial charge in [0.05, 0.1) is 12.8 Å². The number of rotatable bonds is 10. The summed E-state index contributed by atoms with van der Waals surface area (Å²) in [6.45, 7) is 6.67. The maximum atomic E-state index is 12.1. The van der Waals surface area contributed by atoms with Crippen LogP contribution in [0.15, 0.2) is 71.8 Å². The van der Waals surface area contributed by atoms with E-state index in [1.165, 1.54) is 11.1 Å². The first-order chi connectivity index (χ1) is 14.7. The Morgan fingerprint density at radius 2 is 1.63 bits per heavy atom. The van der Waals surface area contributed by atoms with E-state index in [1.54, 1.807) is 6.21 Å². The minimum absolute atomic E-state index is 0.164. The summed E-state index contributed by atoms with van der Waals surface area (Å²) in [7, 11) is 0. The molecule has 0 heterocycles. The van der Waals surface area contributed by atoms with Crippen molar-refractivity contribution in [2.24, 2.45) is 5.10 Å². The smallest absolute Gasteiger partial charge is 0.259 e. The van der Waals surface area contributed by atoms with Crippen LogP contribution in [0.2, 0.25) is 0 Å². The number of fused-ring (bicyclic) bond motifs is 1. The number of carbonyl (C=O) groups excluding carboxylic acids is 1. The molecule has 5 nitrogen and oxygen atoms in total. The van der Waals surface area contributed by atoms with E-state index in [0.717, 1.165) is 42.6 Å². The van der Waals surface area contributed by atoms with Crippen molar-refractivity contribution in [2.45, 2.75) is 26.7 Å². The molecule has 5 heteroatoms. The van der Waals surface area contributed by atoms with Crippen molar-refractivity contribution in [3.8, 4) is 0 Å². The van der Waals surface area contributed by atoms with E-state index in [0.29, 0.717) is 0 Å². The molecule has 3 rings (SSSR count). The number of amides is 1. The molecule has 30 heavy (non-hydrogen) atoms. The summed E-state index contributed by atoms with van der Waals surface area (Å²) >= 11 is 0. The standard InChI is InChI=1S/C25H30N4O/c1-3-15-29(16-4-2)24-13-9-20(10-14-24)18-27-28-25(30)19-26-23-12-11-21-7-5-6-8-22(21)17-23/h5-14,17-18,26H,3-4,15-16,19H2,1-2H3,(H,28,30). The highest BCUT2D eigenvalue weighted by atomic mass is 16.2. The van der Waals surface area contributed by atoms with E-state index in [9.17, 15) is 4.79 Å². The molecule has 0 aliphatic heterocycles. The summed E-state index contributed by atoms with van der Waals surface area (Å²) in [5, 5.41) is 9.53. The molecule has 0 atom stereocenters. The van der Waals surface area contributed by atoms with Crippen molar-refractivity contribution >= 4 is 34.3 Å². The minimum Gasteiger partial charge on any atom is -0.376 e. The summed E-state index contributed by atoms with van der Waals surface area (Å²) < 4.78 is 0. The van der Waals surface area contributed by atoms with E-state index in [-0.39, 0.29) is 12.5 Å². The highest BCUT2D eigenvalue weighted by Crippen LogP contribution is 2.18. The fourth-order valence-electron chi connectivity index (χ4n) is 3.38. The zero-order chi connectivity index (χ0) is 21.2. The van der Waals surface area contributed by atoms with Gasteiger partial charge in [-0.25, -0.2) is 5.43 Å². The number of benzene rings is 3. The van der Waals surface area contributed by atoms with Gasteiger partial charge in [0.15, 0.2) is 0 Å². The predicted molar refractivity (Wildman–Crippen MR) is 127 cm³/mol. The van der Waals surface area contributed by atoms with E-state index in [1.807, 2.05) is 42.5 Å². The number of hydrogen-bond acceptors (Lipinski definition) is 4. The van der Waals surface area contributed by atoms with Gasteiger partial charge in [-0.05, 0) is 53.4 Å². The maximum absolute atomic E-state index is 12.1. The Kier molecular flexibility index (Phi) is 7.84. The zero-order valence-electron chi connectivity index (χ0n) is 17.8. The lowest BCUT2D eigenvalue weighted by atomic mass is 10.1. The van der Waals surface area contributed by atoms with Crippen LogP contribution in [-0.4, -0.2) is 31.8 Å². The largest absolute Gasteiger partial charge is 0.376 e. The molecule has 0 saturated carbocycles. The fraction of sp³-hybridized carbons (Fsp3) is 0.280. The molecule has 0 unspecified atom stereocenters. The lowest BCUT2D eigenvalue weighted by Crippen LogP contribution is -2.26. The van der Waals surface area contributed by atoms with Crippen LogP contribution in [-0.2, 0) is 4.79 Å². The number of hydrogen-bond donors (Lipinski definition) is 2. The highest BCUT2D eigenvalue weighted by molar-refractivity contribution is 5.87. The zero-order valence-corrected chi connectivity index (χ0v) is 17.8. The van der Waals surface area contributed by atoms with Crippen LogP contribution in [0, 0.1) is 0 Å². The number of nitrogens with zero attached hydrogens (tertiary/aromatic N) is 2. The van der Waals surface area contributed by atoms with Crippen LogP contribution in [0.1, 0.15) is 32.3 Å². The number of anilines is 2. The third kappa shape index (κ3) is 6.08. The van der Waals surface area contributed by atoms with Gasteiger partial charge >= 0.3 is 0 Å². The number of nitrogens with one attached hydrogen (secondary N) is 2. The second-order valence-corrected chi connectivity index (χ2v) is 7.29. The number of carbonyl (C=O) groups is 1. The van der Waals surface area contributed by atoms with Gasteiger partial charge in [-0.15, -0.1) is 0 Å². The first kappa shape index (κ1) is 21.4. The van der Waals surface area contributed by atoms with E-state index >= 15 is 0 Å². The van der Waals surface area contributed by atoms with E-state index in [4.69, 9.17) is 0 Å². The summed E-state index contributed by atoms with van der Waals surface area (Å²) in [6, 6.07) is 22.5. The molecule has 0 aromatic heterocycles. The normalized spacial score (nSPS) is 11.0. The Morgan fingerprint density at radius 3 is 2.33 bits per heavy atom. The Morgan fingerprint density at radius 1 is 0.933 bits per heavy atom. The van der Waals surface area contributed by atoms with E-state index < -0.39 is 0 Å². The summed E-state index contributed by atoms with van der Waals surface area (Å²) in [5.74, 6) is -0.187. The van der Waals surface area contributed by atoms with Crippen LogP contribution >= 0.6 is 0 Å². The first-order valence-corrected chi connectivity index (χ1v) is 10.6. The van der Waals surface area contributed by atoms with Crippen LogP contribution in [0.3, 0.4) is 0 Å². The second kappa shape index (κ2) is 11.0. The quantitative estimate of drug-likeness (QED) is 0.369. The molecule has 3 aromatic rings. The van der Waals surface area contributed by atoms with Gasteiger partial charge in [0.2, 0.25) is 0 Å². The third-order valence-electron chi connectivity index (χ3n) is 4.85. The first-order valence-electron chi connectivity index (χ1n) is 10.6. The number of hydrazone groups is 1. The molecule has 156 valence electrons. The Balaban J connectivity index is 1.48. The maximum Gasteiger partial charge on any atom is 0.259 e. The van der Waals surface area contributed by atoms with Crippen molar-refractivity contribution in [3.63, 3.8) is 0 Å². The van der Waals surface area contributed by atoms with Crippen LogP contribution in [0.25, 0.3) is 10.8 Å². The third-order valence-corrected chi connectivity index (χ3v) is 4.85. The molecule has 0 aliphatic rings. The topological polar surface area (TPSA) is 56.7 Å². The van der Waals surface area contributed by atoms with Crippen LogP contribution in [0.4, 0.5) is 11.4 Å². The molecule has 0 radical (unpaired) electrons. The molecule has 0 bridgehead atoms. The molecular weight excluding hydrogens is 372 g/mol. The van der Waals surface area contributed by atoms with Gasteiger partial charge in [0.1, 0.15) is 0 Å². The van der Waals surface area contributed by atoms with E-state index in [2.05, 4.69) is 58.9 Å². The average Bonchev–Trinajstić information content (AvgIpc) is 2.78. The predicted octanol–water partition coefficient (Wildman–Crippen LogP) is 5.03. The molecule has 3 aromatic carbocycles. The highest BCUT2D eigenvalue weighted by Gasteiger charge is 2.04. The molecule has 0 spiro atoms. The van der Waals surface area contributed by atoms with Crippen LogP contribution in [0.5, 0.6) is 0 Å². The fourth-order valence-corrected chi connectivity index (χ4v) is 3.38. The SMILES string of the molecule is CCCN(CCC)c1ccc(C=NNC(=O)CNc2ccc3ccccc3c2)cc1. The summed E-state index contributed by atoms with van der Waals surface area (Å²) in [5.41, 5.74) is 5.66. The molecule has 0 saturated heterocycles. The van der Waals surface area contributed by atoms with Crippen molar-refractivity contribution in [1.82, 2.24) is 5.43 Å². The van der Waals surface area contributed by atoms with Crippen molar-refractivity contribution < 1.29 is 4.79 Å². The average molecular weight is 403 g/mol. The van der Waals surface area contributed by atoms with Gasteiger partial charge in [-0.1, -0.05) is 56.3 Å². The molecule has 0 aliphatic carbocycles. The van der Waals surface area contributed by atoms with Crippen molar-refractivity contribution in [3.05, 3.63) is 72.3 Å². The monoisotopic (exact) mass is 402 g/mol. The van der Waals surface area contributed by atoms with Crippen LogP contribution < -0.4 is 15.6 Å². The molecule has 2 N–H and O–H groups in total. The van der Waals surface area contributed by atoms with Gasteiger partial charge in [0, 0.05) is 24.5 Å². The Labute approximate surface area is 178 Å². The summed E-state index contributed by atoms with van der Waals surface area (Å²) in [4.78, 5) is 14.5. The lowest BCUT2D eigenvalue weighted by Gasteiger charge is -2.23. The van der Waals surface area contributed by atoms with Gasteiger partial charge in [-0.3, -0.25) is 4.79 Å². The van der Waals surface area contributed by atoms with Crippen molar-refractivity contribution in [1.29, 1.82) is 0 Å². The van der Waals surface area contributed by atoms with Gasteiger partial charge < -0.3 is 10.2 Å². The Bertz CT molecular complexity index is 976. The molecule has 1 amide bonds. The Hall–Kier alpha value is -3.34.